The van der Waals surface area contributed by atoms with E-state index < -0.39 is 0 Å². The van der Waals surface area contributed by atoms with Crippen LogP contribution in [0.25, 0.3) is 5.82 Å². The first-order valence-corrected chi connectivity index (χ1v) is 7.12. The number of nitrogens with one attached hydrogen (secondary N) is 1. The molecule has 1 N–H and O–H groups in total. The predicted octanol–water partition coefficient (Wildman–Crippen LogP) is 4.19. The Kier molecular flexibility index (Phi) is 4.08. The molecule has 3 rings (SSSR count). The lowest BCUT2D eigenvalue weighted by molar-refractivity contribution is 0.846. The highest BCUT2D eigenvalue weighted by molar-refractivity contribution is 6.33. The number of halogens is 2. The summed E-state index contributed by atoms with van der Waals surface area (Å²) in [6.07, 6.45) is 5.29. The van der Waals surface area contributed by atoms with Crippen LogP contribution in [0.2, 0.25) is 10.0 Å². The summed E-state index contributed by atoms with van der Waals surface area (Å²) in [6, 6.07) is 11.1. The van der Waals surface area contributed by atoms with E-state index in [2.05, 4.69) is 15.4 Å². The zero-order valence-corrected chi connectivity index (χ0v) is 12.5. The van der Waals surface area contributed by atoms with E-state index >= 15 is 0 Å². The van der Waals surface area contributed by atoms with Crippen molar-refractivity contribution in [3.63, 3.8) is 0 Å². The van der Waals surface area contributed by atoms with Gasteiger partial charge in [-0.2, -0.15) is 5.10 Å². The normalized spacial score (nSPS) is 10.6. The lowest BCUT2D eigenvalue weighted by Crippen LogP contribution is -2.06. The second kappa shape index (κ2) is 6.16. The second-order valence-electron chi connectivity index (χ2n) is 4.41. The van der Waals surface area contributed by atoms with Crippen molar-refractivity contribution < 1.29 is 0 Å². The molecule has 1 aromatic carbocycles. The molecular weight excluding hydrogens is 307 g/mol. The molecule has 21 heavy (non-hydrogen) atoms. The number of hydrogen-bond acceptors (Lipinski definition) is 3. The quantitative estimate of drug-likeness (QED) is 0.784. The first-order valence-electron chi connectivity index (χ1n) is 6.37. The third kappa shape index (κ3) is 3.17. The van der Waals surface area contributed by atoms with E-state index in [1.165, 1.54) is 0 Å². The van der Waals surface area contributed by atoms with Gasteiger partial charge < -0.3 is 5.32 Å². The lowest BCUT2D eigenvalue weighted by atomic mass is 10.2. The molecule has 2 heterocycles. The third-order valence-electron chi connectivity index (χ3n) is 2.99. The minimum atomic E-state index is 0.555. The summed E-state index contributed by atoms with van der Waals surface area (Å²) in [5.74, 6) is 0.737. The number of pyridine rings is 1. The summed E-state index contributed by atoms with van der Waals surface area (Å²) in [5.41, 5.74) is 1.80. The van der Waals surface area contributed by atoms with Gasteiger partial charge in [0.05, 0.1) is 5.69 Å². The second-order valence-corrected chi connectivity index (χ2v) is 5.26. The number of anilines is 1. The van der Waals surface area contributed by atoms with Crippen LogP contribution in [-0.2, 0) is 6.54 Å². The Bertz CT molecular complexity index is 741. The van der Waals surface area contributed by atoms with Crippen molar-refractivity contribution in [1.29, 1.82) is 0 Å². The fraction of sp³-hybridized carbons (Fsp3) is 0.0667. The molecule has 0 saturated heterocycles. The molecule has 6 heteroatoms. The van der Waals surface area contributed by atoms with Crippen LogP contribution in [0, 0.1) is 0 Å². The lowest BCUT2D eigenvalue weighted by Gasteiger charge is -2.12. The van der Waals surface area contributed by atoms with Gasteiger partial charge in [0, 0.05) is 35.2 Å². The van der Waals surface area contributed by atoms with Gasteiger partial charge in [-0.1, -0.05) is 23.2 Å². The summed E-state index contributed by atoms with van der Waals surface area (Å²) in [4.78, 5) is 4.35. The Morgan fingerprint density at radius 2 is 2.00 bits per heavy atom. The first kappa shape index (κ1) is 13.9. The van der Waals surface area contributed by atoms with Crippen molar-refractivity contribution in [3.05, 3.63) is 70.6 Å². The topological polar surface area (TPSA) is 42.7 Å². The summed E-state index contributed by atoms with van der Waals surface area (Å²) < 4.78 is 1.71. The average Bonchev–Trinajstić information content (AvgIpc) is 3.03. The largest absolute Gasteiger partial charge is 0.378 e. The van der Waals surface area contributed by atoms with Gasteiger partial charge in [0.1, 0.15) is 0 Å². The van der Waals surface area contributed by atoms with Crippen molar-refractivity contribution in [1.82, 2.24) is 14.8 Å². The molecule has 0 fully saturated rings. The van der Waals surface area contributed by atoms with Gasteiger partial charge in [0.25, 0.3) is 0 Å². The van der Waals surface area contributed by atoms with Crippen LogP contribution in [0.1, 0.15) is 5.56 Å². The van der Waals surface area contributed by atoms with E-state index in [0.717, 1.165) is 17.1 Å². The van der Waals surface area contributed by atoms with Crippen LogP contribution < -0.4 is 5.32 Å². The average molecular weight is 319 g/mol. The zero-order chi connectivity index (χ0) is 14.7. The van der Waals surface area contributed by atoms with Gasteiger partial charge in [0.2, 0.25) is 0 Å². The summed E-state index contributed by atoms with van der Waals surface area (Å²) in [5, 5.41) is 8.86. The minimum absolute atomic E-state index is 0.555. The Balaban J connectivity index is 1.84. The van der Waals surface area contributed by atoms with Gasteiger partial charge in [-0.25, -0.2) is 9.67 Å². The third-order valence-corrected chi connectivity index (χ3v) is 3.59. The minimum Gasteiger partial charge on any atom is -0.378 e. The first-order chi connectivity index (χ1) is 10.2. The molecule has 0 saturated carbocycles. The van der Waals surface area contributed by atoms with Gasteiger partial charge >= 0.3 is 0 Å². The molecule has 0 atom stereocenters. The molecule has 0 radical (unpaired) electrons. The Labute approximate surface area is 132 Å². The van der Waals surface area contributed by atoms with Crippen LogP contribution in [0.3, 0.4) is 0 Å². The summed E-state index contributed by atoms with van der Waals surface area (Å²) in [7, 11) is 0. The van der Waals surface area contributed by atoms with E-state index in [-0.39, 0.29) is 0 Å². The maximum Gasteiger partial charge on any atom is 0.176 e. The Morgan fingerprint density at radius 1 is 1.10 bits per heavy atom. The van der Waals surface area contributed by atoms with E-state index in [1.54, 1.807) is 29.2 Å². The van der Waals surface area contributed by atoms with Gasteiger partial charge in [0.15, 0.2) is 5.82 Å². The highest BCUT2D eigenvalue weighted by atomic mass is 35.5. The number of hydrogen-bond donors (Lipinski definition) is 1. The van der Waals surface area contributed by atoms with E-state index in [4.69, 9.17) is 23.2 Å². The molecule has 0 aliphatic rings. The Morgan fingerprint density at radius 3 is 2.81 bits per heavy atom. The molecule has 3 aromatic rings. The van der Waals surface area contributed by atoms with E-state index in [0.29, 0.717) is 16.6 Å². The van der Waals surface area contributed by atoms with E-state index in [9.17, 15) is 0 Å². The highest BCUT2D eigenvalue weighted by Crippen LogP contribution is 2.23. The maximum absolute atomic E-state index is 6.17. The van der Waals surface area contributed by atoms with Gasteiger partial charge in [-0.3, -0.25) is 0 Å². The van der Waals surface area contributed by atoms with Crippen molar-refractivity contribution >= 4 is 28.9 Å². The number of aromatic nitrogens is 3. The van der Waals surface area contributed by atoms with Crippen molar-refractivity contribution in [3.8, 4) is 5.82 Å². The predicted molar refractivity (Wildman–Crippen MR) is 85.1 cm³/mol. The van der Waals surface area contributed by atoms with E-state index in [1.807, 2.05) is 30.5 Å². The molecule has 0 unspecified atom stereocenters. The Hall–Kier alpha value is -2.04. The smallest absolute Gasteiger partial charge is 0.176 e. The van der Waals surface area contributed by atoms with Crippen LogP contribution in [0.15, 0.2) is 55.0 Å². The summed E-state index contributed by atoms with van der Waals surface area (Å²) >= 11 is 12.2. The standard InChI is InChI=1S/C15H12Cl2N4/c16-12-4-5-13(17)11(9-12)10-19-14-3-1-6-18-15(14)21-8-2-7-20-21/h1-9,19H,10H2. The van der Waals surface area contributed by atoms with Crippen LogP contribution in [0.5, 0.6) is 0 Å². The molecule has 2 aromatic heterocycles. The van der Waals surface area contributed by atoms with Crippen molar-refractivity contribution in [2.75, 3.05) is 5.32 Å². The molecule has 0 aliphatic heterocycles. The van der Waals surface area contributed by atoms with Crippen LogP contribution in [-0.4, -0.2) is 14.8 Å². The van der Waals surface area contributed by atoms with Crippen molar-refractivity contribution in [2.24, 2.45) is 0 Å². The SMILES string of the molecule is Clc1ccc(Cl)c(CNc2cccnc2-n2cccn2)c1. The number of nitrogens with zero attached hydrogens (tertiary/aromatic N) is 3. The molecule has 0 bridgehead atoms. The summed E-state index contributed by atoms with van der Waals surface area (Å²) in [6.45, 7) is 0.555. The molecule has 0 aliphatic carbocycles. The molecule has 4 nitrogen and oxygen atoms in total. The number of rotatable bonds is 4. The van der Waals surface area contributed by atoms with Crippen LogP contribution in [0.4, 0.5) is 5.69 Å². The zero-order valence-electron chi connectivity index (χ0n) is 11.0. The van der Waals surface area contributed by atoms with Crippen molar-refractivity contribution in [2.45, 2.75) is 6.54 Å². The van der Waals surface area contributed by atoms with Gasteiger partial charge in [-0.15, -0.1) is 0 Å². The molecular formula is C15H12Cl2N4. The molecule has 0 amide bonds. The fourth-order valence-corrected chi connectivity index (χ4v) is 2.36. The van der Waals surface area contributed by atoms with Crippen LogP contribution >= 0.6 is 23.2 Å². The molecule has 0 spiro atoms. The highest BCUT2D eigenvalue weighted by Gasteiger charge is 2.07. The number of benzene rings is 1. The molecule has 106 valence electrons. The fourth-order valence-electron chi connectivity index (χ4n) is 1.98. The van der Waals surface area contributed by atoms with Gasteiger partial charge in [-0.05, 0) is 42.0 Å². The maximum atomic E-state index is 6.17. The monoisotopic (exact) mass is 318 g/mol.